The fraction of sp³-hybridized carbons (Fsp3) is 0.467. The number of carbonyl (C=O) groups is 2. The summed E-state index contributed by atoms with van der Waals surface area (Å²) in [6.07, 6.45) is 0.192. The molecule has 6 heteroatoms. The summed E-state index contributed by atoms with van der Waals surface area (Å²) in [6, 6.07) is 5.21. The number of thioether (sulfide) groups is 1. The molecule has 1 aliphatic heterocycles. The van der Waals surface area contributed by atoms with Crippen LogP contribution in [0.2, 0.25) is 0 Å². The first-order chi connectivity index (χ1) is 9.99. The molecular weight excluding hydrogens is 290 g/mol. The SMILES string of the molecule is Cc1ccc(C)c(OCCC(=O)N2CSC[C@H]2C(=O)O)c1. The molecule has 5 nitrogen and oxygen atoms in total. The molecule has 1 aromatic carbocycles. The minimum atomic E-state index is -0.941. The van der Waals surface area contributed by atoms with Crippen LogP contribution in [-0.4, -0.2) is 46.2 Å². The van der Waals surface area contributed by atoms with E-state index in [-0.39, 0.29) is 18.9 Å². The standard InChI is InChI=1S/C15H19NO4S/c1-10-3-4-11(2)13(7-10)20-6-5-14(17)16-9-21-8-12(16)15(18)19/h3-4,7,12H,5-6,8-9H2,1-2H3,(H,18,19)/t12-/m0/s1. The van der Waals surface area contributed by atoms with Gasteiger partial charge in [-0.25, -0.2) is 4.79 Å². The first kappa shape index (κ1) is 15.7. The number of nitrogens with zero attached hydrogens (tertiary/aromatic N) is 1. The van der Waals surface area contributed by atoms with Crippen LogP contribution in [0.1, 0.15) is 17.5 Å². The number of aryl methyl sites for hydroxylation is 2. The molecule has 0 spiro atoms. The highest BCUT2D eigenvalue weighted by Gasteiger charge is 2.34. The maximum absolute atomic E-state index is 12.1. The molecule has 0 aliphatic carbocycles. The Hall–Kier alpha value is -1.69. The number of carboxylic acid groups (broad SMARTS) is 1. The fourth-order valence-corrected chi connectivity index (χ4v) is 3.32. The molecule has 2 rings (SSSR count). The Morgan fingerprint density at radius 1 is 1.43 bits per heavy atom. The second-order valence-electron chi connectivity index (χ2n) is 5.08. The summed E-state index contributed by atoms with van der Waals surface area (Å²) in [4.78, 5) is 24.5. The van der Waals surface area contributed by atoms with Crippen molar-refractivity contribution in [3.05, 3.63) is 29.3 Å². The zero-order valence-corrected chi connectivity index (χ0v) is 13.0. The van der Waals surface area contributed by atoms with Gasteiger partial charge in [-0.3, -0.25) is 4.79 Å². The van der Waals surface area contributed by atoms with Crippen LogP contribution in [-0.2, 0) is 9.59 Å². The van der Waals surface area contributed by atoms with Crippen molar-refractivity contribution in [1.29, 1.82) is 0 Å². The lowest BCUT2D eigenvalue weighted by Gasteiger charge is -2.20. The molecule has 1 fully saturated rings. The Labute approximate surface area is 128 Å². The summed E-state index contributed by atoms with van der Waals surface area (Å²) in [7, 11) is 0. The highest BCUT2D eigenvalue weighted by atomic mass is 32.2. The molecule has 1 saturated heterocycles. The van der Waals surface area contributed by atoms with Crippen LogP contribution < -0.4 is 4.74 Å². The molecule has 1 aromatic rings. The van der Waals surface area contributed by atoms with E-state index in [1.54, 1.807) is 0 Å². The van der Waals surface area contributed by atoms with Gasteiger partial charge in [0, 0.05) is 5.75 Å². The van der Waals surface area contributed by atoms with Crippen molar-refractivity contribution in [2.75, 3.05) is 18.2 Å². The maximum Gasteiger partial charge on any atom is 0.327 e. The average Bonchev–Trinajstić information content (AvgIpc) is 2.92. The number of carbonyl (C=O) groups excluding carboxylic acids is 1. The predicted molar refractivity (Wildman–Crippen MR) is 81.6 cm³/mol. The van der Waals surface area contributed by atoms with E-state index in [9.17, 15) is 9.59 Å². The van der Waals surface area contributed by atoms with Crippen LogP contribution in [0.15, 0.2) is 18.2 Å². The van der Waals surface area contributed by atoms with Crippen LogP contribution in [0.5, 0.6) is 5.75 Å². The van der Waals surface area contributed by atoms with Crippen LogP contribution in [0.25, 0.3) is 0 Å². The van der Waals surface area contributed by atoms with Crippen molar-refractivity contribution in [1.82, 2.24) is 4.90 Å². The lowest BCUT2D eigenvalue weighted by Crippen LogP contribution is -2.42. The van der Waals surface area contributed by atoms with Gasteiger partial charge < -0.3 is 14.7 Å². The lowest BCUT2D eigenvalue weighted by molar-refractivity contribution is -0.147. The molecule has 0 radical (unpaired) electrons. The maximum atomic E-state index is 12.1. The van der Waals surface area contributed by atoms with Crippen molar-refractivity contribution >= 4 is 23.6 Å². The van der Waals surface area contributed by atoms with Crippen molar-refractivity contribution < 1.29 is 19.4 Å². The summed E-state index contributed by atoms with van der Waals surface area (Å²) in [5.74, 6) is 0.563. The predicted octanol–water partition coefficient (Wildman–Crippen LogP) is 2.06. The van der Waals surface area contributed by atoms with E-state index in [4.69, 9.17) is 9.84 Å². The number of hydrogen-bond donors (Lipinski definition) is 1. The third kappa shape index (κ3) is 3.91. The van der Waals surface area contributed by atoms with Crippen LogP contribution in [0, 0.1) is 13.8 Å². The van der Waals surface area contributed by atoms with Gasteiger partial charge >= 0.3 is 5.97 Å². The largest absolute Gasteiger partial charge is 0.493 e. The zero-order valence-electron chi connectivity index (χ0n) is 12.2. The number of rotatable bonds is 5. The fourth-order valence-electron chi connectivity index (χ4n) is 2.15. The van der Waals surface area contributed by atoms with Crippen molar-refractivity contribution in [2.45, 2.75) is 26.3 Å². The van der Waals surface area contributed by atoms with E-state index in [0.717, 1.165) is 16.9 Å². The zero-order chi connectivity index (χ0) is 15.4. The summed E-state index contributed by atoms with van der Waals surface area (Å²) in [6.45, 7) is 4.20. The Morgan fingerprint density at radius 3 is 2.90 bits per heavy atom. The van der Waals surface area contributed by atoms with Gasteiger partial charge in [0.2, 0.25) is 5.91 Å². The number of benzene rings is 1. The molecule has 1 heterocycles. The van der Waals surface area contributed by atoms with Crippen LogP contribution >= 0.6 is 11.8 Å². The number of amides is 1. The third-order valence-electron chi connectivity index (χ3n) is 3.40. The van der Waals surface area contributed by atoms with Crippen molar-refractivity contribution in [2.24, 2.45) is 0 Å². The highest BCUT2D eigenvalue weighted by molar-refractivity contribution is 7.99. The van der Waals surface area contributed by atoms with Gasteiger partial charge in [0.05, 0.1) is 18.9 Å². The topological polar surface area (TPSA) is 66.8 Å². The van der Waals surface area contributed by atoms with Gasteiger partial charge in [-0.05, 0) is 31.0 Å². The Morgan fingerprint density at radius 2 is 2.19 bits per heavy atom. The molecule has 1 N–H and O–H groups in total. The number of aliphatic carboxylic acids is 1. The monoisotopic (exact) mass is 309 g/mol. The van der Waals surface area contributed by atoms with Gasteiger partial charge in [-0.15, -0.1) is 11.8 Å². The summed E-state index contributed by atoms with van der Waals surface area (Å²) >= 11 is 1.46. The second kappa shape index (κ2) is 6.85. The second-order valence-corrected chi connectivity index (χ2v) is 6.08. The summed E-state index contributed by atoms with van der Waals surface area (Å²) in [5, 5.41) is 9.06. The molecule has 0 aromatic heterocycles. The Bertz CT molecular complexity index is 546. The number of ether oxygens (including phenoxy) is 1. The molecular formula is C15H19NO4S. The lowest BCUT2D eigenvalue weighted by atomic mass is 10.1. The molecule has 114 valence electrons. The molecule has 0 bridgehead atoms. The van der Waals surface area contributed by atoms with E-state index in [0.29, 0.717) is 11.6 Å². The highest BCUT2D eigenvalue weighted by Crippen LogP contribution is 2.22. The molecule has 1 atom stereocenters. The first-order valence-electron chi connectivity index (χ1n) is 6.79. The van der Waals surface area contributed by atoms with Gasteiger partial charge in [0.25, 0.3) is 0 Å². The Balaban J connectivity index is 1.87. The van der Waals surface area contributed by atoms with Crippen molar-refractivity contribution in [3.8, 4) is 5.75 Å². The van der Waals surface area contributed by atoms with E-state index in [2.05, 4.69) is 0 Å². The van der Waals surface area contributed by atoms with E-state index < -0.39 is 12.0 Å². The van der Waals surface area contributed by atoms with E-state index in [1.165, 1.54) is 16.7 Å². The van der Waals surface area contributed by atoms with Crippen LogP contribution in [0.3, 0.4) is 0 Å². The summed E-state index contributed by atoms with van der Waals surface area (Å²) in [5.41, 5.74) is 2.12. The van der Waals surface area contributed by atoms with E-state index >= 15 is 0 Å². The average molecular weight is 309 g/mol. The molecule has 0 unspecified atom stereocenters. The molecule has 1 amide bonds. The van der Waals surface area contributed by atoms with Gasteiger partial charge in [0.1, 0.15) is 11.8 Å². The van der Waals surface area contributed by atoms with E-state index in [1.807, 2.05) is 32.0 Å². The normalized spacial score (nSPS) is 17.8. The minimum absolute atomic E-state index is 0.169. The van der Waals surface area contributed by atoms with Gasteiger partial charge in [0.15, 0.2) is 0 Å². The van der Waals surface area contributed by atoms with Gasteiger partial charge in [-0.1, -0.05) is 12.1 Å². The van der Waals surface area contributed by atoms with Gasteiger partial charge in [-0.2, -0.15) is 0 Å². The Kier molecular flexibility index (Phi) is 5.12. The molecule has 1 aliphatic rings. The molecule has 0 saturated carbocycles. The third-order valence-corrected chi connectivity index (χ3v) is 4.42. The quantitative estimate of drug-likeness (QED) is 0.902. The van der Waals surface area contributed by atoms with Crippen molar-refractivity contribution in [3.63, 3.8) is 0 Å². The molecule has 21 heavy (non-hydrogen) atoms. The summed E-state index contributed by atoms with van der Waals surface area (Å²) < 4.78 is 5.64. The number of carboxylic acids is 1. The number of hydrogen-bond acceptors (Lipinski definition) is 4. The smallest absolute Gasteiger partial charge is 0.327 e. The minimum Gasteiger partial charge on any atom is -0.493 e. The van der Waals surface area contributed by atoms with Crippen LogP contribution in [0.4, 0.5) is 0 Å². The first-order valence-corrected chi connectivity index (χ1v) is 7.94.